The van der Waals surface area contributed by atoms with E-state index in [4.69, 9.17) is 11.6 Å². The summed E-state index contributed by atoms with van der Waals surface area (Å²) in [5.41, 5.74) is 0. The molecule has 1 N–H and O–H groups in total. The van der Waals surface area contributed by atoms with Crippen LogP contribution < -0.4 is 5.32 Å². The molecule has 1 unspecified atom stereocenters. The topological polar surface area (TPSA) is 55.9 Å². The van der Waals surface area contributed by atoms with E-state index >= 15 is 0 Å². The molecule has 3 heterocycles. The monoisotopic (exact) mass is 384 g/mol. The van der Waals surface area contributed by atoms with E-state index in [1.807, 2.05) is 24.0 Å². The Kier molecular flexibility index (Phi) is 6.19. The molecule has 3 rings (SSSR count). The number of carbonyl (C=O) groups excluding carboxylic acids is 2. The molecule has 2 aliphatic heterocycles. The highest BCUT2D eigenvalue weighted by Crippen LogP contribution is 2.24. The summed E-state index contributed by atoms with van der Waals surface area (Å²) >= 11 is 7.59. The molecule has 2 saturated heterocycles. The predicted octanol–water partition coefficient (Wildman–Crippen LogP) is 2.24. The standard InChI is InChI=1S/C17H25ClN4O2S/c1-2-19-17(24)22-10-9-20(11-13-5-6-15(18)25-13)12-14(22)16(23)21-7-3-4-8-21/h5-6,14H,2-4,7-12H2,1H3,(H,19,24). The maximum absolute atomic E-state index is 13.0. The zero-order chi connectivity index (χ0) is 17.8. The van der Waals surface area contributed by atoms with E-state index in [0.29, 0.717) is 19.6 Å². The molecular formula is C17H25ClN4O2S. The highest BCUT2D eigenvalue weighted by molar-refractivity contribution is 7.16. The Hall–Kier alpha value is -1.31. The normalized spacial score (nSPS) is 21.6. The highest BCUT2D eigenvalue weighted by Gasteiger charge is 2.38. The van der Waals surface area contributed by atoms with Gasteiger partial charge in [0.15, 0.2) is 0 Å². The molecule has 138 valence electrons. The van der Waals surface area contributed by atoms with Crippen molar-refractivity contribution in [3.8, 4) is 0 Å². The summed E-state index contributed by atoms with van der Waals surface area (Å²) in [6, 6.07) is 3.38. The van der Waals surface area contributed by atoms with E-state index in [1.165, 1.54) is 4.88 Å². The summed E-state index contributed by atoms with van der Waals surface area (Å²) in [4.78, 5) is 32.4. The molecule has 3 amide bonds. The summed E-state index contributed by atoms with van der Waals surface area (Å²) in [7, 11) is 0. The minimum absolute atomic E-state index is 0.0812. The number of carbonyl (C=O) groups is 2. The van der Waals surface area contributed by atoms with Crippen molar-refractivity contribution < 1.29 is 9.59 Å². The predicted molar refractivity (Wildman–Crippen MR) is 100.0 cm³/mol. The fourth-order valence-corrected chi connectivity index (χ4v) is 4.63. The number of urea groups is 1. The summed E-state index contributed by atoms with van der Waals surface area (Å²) in [5.74, 6) is 0.0812. The van der Waals surface area contributed by atoms with Crippen LogP contribution in [0.5, 0.6) is 0 Å². The minimum atomic E-state index is -0.408. The zero-order valence-electron chi connectivity index (χ0n) is 14.5. The summed E-state index contributed by atoms with van der Waals surface area (Å²) < 4.78 is 0.778. The fourth-order valence-electron chi connectivity index (χ4n) is 3.50. The Bertz CT molecular complexity index is 618. The van der Waals surface area contributed by atoms with Crippen LogP contribution in [0.3, 0.4) is 0 Å². The largest absolute Gasteiger partial charge is 0.341 e. The smallest absolute Gasteiger partial charge is 0.318 e. The number of piperazine rings is 1. The van der Waals surface area contributed by atoms with Crippen LogP contribution in [0.1, 0.15) is 24.6 Å². The van der Waals surface area contributed by atoms with Crippen LogP contribution in [0.15, 0.2) is 12.1 Å². The Morgan fingerprint density at radius 1 is 1.24 bits per heavy atom. The number of nitrogens with zero attached hydrogens (tertiary/aromatic N) is 3. The maximum atomic E-state index is 13.0. The summed E-state index contributed by atoms with van der Waals surface area (Å²) in [6.07, 6.45) is 2.11. The van der Waals surface area contributed by atoms with Crippen LogP contribution in [0, 0.1) is 0 Å². The van der Waals surface area contributed by atoms with E-state index in [2.05, 4.69) is 10.2 Å². The van der Waals surface area contributed by atoms with Gasteiger partial charge in [-0.15, -0.1) is 11.3 Å². The van der Waals surface area contributed by atoms with Crippen molar-refractivity contribution in [1.82, 2.24) is 20.0 Å². The third-order valence-corrected chi connectivity index (χ3v) is 5.98. The Labute approximate surface area is 157 Å². The van der Waals surface area contributed by atoms with Gasteiger partial charge in [0.2, 0.25) is 5.91 Å². The number of thiophene rings is 1. The molecular weight excluding hydrogens is 360 g/mol. The van der Waals surface area contributed by atoms with Crippen molar-refractivity contribution in [3.63, 3.8) is 0 Å². The van der Waals surface area contributed by atoms with Gasteiger partial charge in [0.05, 0.1) is 4.34 Å². The molecule has 25 heavy (non-hydrogen) atoms. The van der Waals surface area contributed by atoms with Gasteiger partial charge in [0, 0.05) is 50.7 Å². The minimum Gasteiger partial charge on any atom is -0.341 e. The lowest BCUT2D eigenvalue weighted by Crippen LogP contribution is -2.62. The van der Waals surface area contributed by atoms with Crippen LogP contribution in [0.4, 0.5) is 4.79 Å². The second-order valence-electron chi connectivity index (χ2n) is 6.52. The Morgan fingerprint density at radius 2 is 2.00 bits per heavy atom. The van der Waals surface area contributed by atoms with Crippen molar-refractivity contribution in [2.24, 2.45) is 0 Å². The lowest BCUT2D eigenvalue weighted by molar-refractivity contribution is -0.137. The van der Waals surface area contributed by atoms with Gasteiger partial charge in [-0.25, -0.2) is 4.79 Å². The van der Waals surface area contributed by atoms with Crippen LogP contribution >= 0.6 is 22.9 Å². The number of halogens is 1. The Balaban J connectivity index is 1.71. The Morgan fingerprint density at radius 3 is 2.64 bits per heavy atom. The van der Waals surface area contributed by atoms with Crippen LogP contribution in [0.25, 0.3) is 0 Å². The number of nitrogens with one attached hydrogen (secondary N) is 1. The molecule has 0 bridgehead atoms. The number of amides is 3. The number of likely N-dealkylation sites (tertiary alicyclic amines) is 1. The van der Waals surface area contributed by atoms with Crippen LogP contribution in [-0.2, 0) is 11.3 Å². The molecule has 0 saturated carbocycles. The molecule has 1 aromatic heterocycles. The second-order valence-corrected chi connectivity index (χ2v) is 8.32. The van der Waals surface area contributed by atoms with Crippen molar-refractivity contribution in [1.29, 1.82) is 0 Å². The first kappa shape index (κ1) is 18.5. The molecule has 8 heteroatoms. The van der Waals surface area contributed by atoms with Gasteiger partial charge in [0.1, 0.15) is 6.04 Å². The quantitative estimate of drug-likeness (QED) is 0.866. The highest BCUT2D eigenvalue weighted by atomic mass is 35.5. The van der Waals surface area contributed by atoms with Gasteiger partial charge in [0.25, 0.3) is 0 Å². The molecule has 0 aliphatic carbocycles. The lowest BCUT2D eigenvalue weighted by Gasteiger charge is -2.41. The van der Waals surface area contributed by atoms with Gasteiger partial charge >= 0.3 is 6.03 Å². The van der Waals surface area contributed by atoms with E-state index < -0.39 is 6.04 Å². The van der Waals surface area contributed by atoms with Gasteiger partial charge in [-0.2, -0.15) is 0 Å². The van der Waals surface area contributed by atoms with Gasteiger partial charge < -0.3 is 15.1 Å². The first-order chi connectivity index (χ1) is 12.1. The summed E-state index contributed by atoms with van der Waals surface area (Å²) in [6.45, 7) is 6.74. The van der Waals surface area contributed by atoms with Gasteiger partial charge in [-0.3, -0.25) is 9.69 Å². The first-order valence-corrected chi connectivity index (χ1v) is 10.1. The SMILES string of the molecule is CCNC(=O)N1CCN(Cc2ccc(Cl)s2)CC1C(=O)N1CCCC1. The first-order valence-electron chi connectivity index (χ1n) is 8.88. The number of hydrogen-bond donors (Lipinski definition) is 1. The van der Waals surface area contributed by atoms with E-state index in [0.717, 1.165) is 43.4 Å². The van der Waals surface area contributed by atoms with Crippen LogP contribution in [-0.4, -0.2) is 71.9 Å². The van der Waals surface area contributed by atoms with E-state index in [-0.39, 0.29) is 11.9 Å². The molecule has 0 aromatic carbocycles. The van der Waals surface area contributed by atoms with Crippen molar-refractivity contribution >= 4 is 34.9 Å². The van der Waals surface area contributed by atoms with Gasteiger partial charge in [-0.05, 0) is 31.9 Å². The zero-order valence-corrected chi connectivity index (χ0v) is 16.1. The van der Waals surface area contributed by atoms with Crippen molar-refractivity contribution in [2.45, 2.75) is 32.4 Å². The molecule has 2 aliphatic rings. The molecule has 6 nitrogen and oxygen atoms in total. The molecule has 0 radical (unpaired) electrons. The molecule has 0 spiro atoms. The van der Waals surface area contributed by atoms with Crippen molar-refractivity contribution in [2.75, 3.05) is 39.3 Å². The summed E-state index contributed by atoms with van der Waals surface area (Å²) in [5, 5.41) is 2.84. The van der Waals surface area contributed by atoms with Gasteiger partial charge in [-0.1, -0.05) is 11.6 Å². The fraction of sp³-hybridized carbons (Fsp3) is 0.647. The van der Waals surface area contributed by atoms with Crippen LogP contribution in [0.2, 0.25) is 4.34 Å². The molecule has 1 atom stereocenters. The third-order valence-electron chi connectivity index (χ3n) is 4.76. The average Bonchev–Trinajstić information content (AvgIpc) is 3.26. The molecule has 1 aromatic rings. The number of rotatable bonds is 4. The average molecular weight is 385 g/mol. The number of hydrogen-bond acceptors (Lipinski definition) is 4. The van der Waals surface area contributed by atoms with E-state index in [1.54, 1.807) is 16.2 Å². The maximum Gasteiger partial charge on any atom is 0.318 e. The van der Waals surface area contributed by atoms with Crippen molar-refractivity contribution in [3.05, 3.63) is 21.3 Å². The molecule has 2 fully saturated rings. The van der Waals surface area contributed by atoms with E-state index in [9.17, 15) is 9.59 Å². The second kappa shape index (κ2) is 8.38. The third kappa shape index (κ3) is 4.46. The lowest BCUT2D eigenvalue weighted by atomic mass is 10.1.